The Morgan fingerprint density at radius 1 is 1.12 bits per heavy atom. The fourth-order valence-corrected chi connectivity index (χ4v) is 3.45. The van der Waals surface area contributed by atoms with Crippen LogP contribution < -0.4 is 9.47 Å². The third-order valence-electron chi connectivity index (χ3n) is 4.81. The molecule has 2 aliphatic rings. The SMILES string of the molecule is CCCOc1ccc(C(=O)N2CCC(C3OCCO3)CC2)cc1OCC. The molecule has 0 atom stereocenters. The van der Waals surface area contributed by atoms with Gasteiger partial charge in [-0.1, -0.05) is 6.92 Å². The van der Waals surface area contributed by atoms with E-state index >= 15 is 0 Å². The van der Waals surface area contributed by atoms with Crippen molar-refractivity contribution >= 4 is 5.91 Å². The third-order valence-corrected chi connectivity index (χ3v) is 4.81. The molecule has 0 radical (unpaired) electrons. The summed E-state index contributed by atoms with van der Waals surface area (Å²) in [6.07, 6.45) is 2.65. The van der Waals surface area contributed by atoms with Crippen LogP contribution in [0.25, 0.3) is 0 Å². The van der Waals surface area contributed by atoms with Gasteiger partial charge in [0.15, 0.2) is 17.8 Å². The maximum absolute atomic E-state index is 12.9. The third kappa shape index (κ3) is 4.48. The number of benzene rings is 1. The molecule has 2 aliphatic heterocycles. The minimum absolute atomic E-state index is 0.0414. The molecule has 1 amide bonds. The van der Waals surface area contributed by atoms with Crippen molar-refractivity contribution in [3.63, 3.8) is 0 Å². The summed E-state index contributed by atoms with van der Waals surface area (Å²) in [5, 5.41) is 0. The van der Waals surface area contributed by atoms with Crippen LogP contribution in [0.3, 0.4) is 0 Å². The Balaban J connectivity index is 1.62. The van der Waals surface area contributed by atoms with Crippen molar-refractivity contribution in [1.29, 1.82) is 0 Å². The Hall–Kier alpha value is -1.79. The van der Waals surface area contributed by atoms with Gasteiger partial charge in [0.25, 0.3) is 5.91 Å². The first-order valence-corrected chi connectivity index (χ1v) is 9.65. The second-order valence-corrected chi connectivity index (χ2v) is 6.68. The highest BCUT2D eigenvalue weighted by Gasteiger charge is 2.32. The van der Waals surface area contributed by atoms with Gasteiger partial charge in [0.1, 0.15) is 0 Å². The maximum atomic E-state index is 12.9. The zero-order valence-electron chi connectivity index (χ0n) is 15.7. The average Bonchev–Trinajstić information content (AvgIpc) is 3.21. The van der Waals surface area contributed by atoms with Gasteiger partial charge in [0.05, 0.1) is 26.4 Å². The van der Waals surface area contributed by atoms with Crippen LogP contribution in [0.2, 0.25) is 0 Å². The first kappa shape index (κ1) is 19.0. The van der Waals surface area contributed by atoms with Crippen LogP contribution in [-0.2, 0) is 9.47 Å². The van der Waals surface area contributed by atoms with E-state index < -0.39 is 0 Å². The van der Waals surface area contributed by atoms with E-state index in [0.717, 1.165) is 32.4 Å². The molecule has 0 saturated carbocycles. The topological polar surface area (TPSA) is 57.2 Å². The van der Waals surface area contributed by atoms with Crippen LogP contribution in [-0.4, -0.2) is 56.6 Å². The van der Waals surface area contributed by atoms with Crippen molar-refractivity contribution in [3.05, 3.63) is 23.8 Å². The highest BCUT2D eigenvalue weighted by atomic mass is 16.7. The number of rotatable bonds is 7. The lowest BCUT2D eigenvalue weighted by Crippen LogP contribution is -2.41. The summed E-state index contributed by atoms with van der Waals surface area (Å²) < 4.78 is 22.6. The molecule has 3 rings (SSSR count). The molecule has 1 aromatic carbocycles. The quantitative estimate of drug-likeness (QED) is 0.745. The Morgan fingerprint density at radius 3 is 2.50 bits per heavy atom. The molecule has 0 aliphatic carbocycles. The molecule has 2 saturated heterocycles. The highest BCUT2D eigenvalue weighted by Crippen LogP contribution is 2.31. The molecular formula is C20H29NO5. The van der Waals surface area contributed by atoms with Crippen molar-refractivity contribution in [2.45, 2.75) is 39.4 Å². The van der Waals surface area contributed by atoms with Crippen molar-refractivity contribution in [2.75, 3.05) is 39.5 Å². The molecule has 0 unspecified atom stereocenters. The summed E-state index contributed by atoms with van der Waals surface area (Å²) in [7, 11) is 0. The summed E-state index contributed by atoms with van der Waals surface area (Å²) in [6.45, 7) is 7.96. The van der Waals surface area contributed by atoms with E-state index in [1.165, 1.54) is 0 Å². The van der Waals surface area contributed by atoms with E-state index in [1.54, 1.807) is 6.07 Å². The molecule has 0 aromatic heterocycles. The Kier molecular flexibility index (Phi) is 6.74. The van der Waals surface area contributed by atoms with Gasteiger partial charge >= 0.3 is 0 Å². The normalized spacial score (nSPS) is 18.9. The van der Waals surface area contributed by atoms with Gasteiger partial charge in [-0.25, -0.2) is 0 Å². The predicted molar refractivity (Wildman–Crippen MR) is 97.7 cm³/mol. The first-order valence-electron chi connectivity index (χ1n) is 9.65. The summed E-state index contributed by atoms with van der Waals surface area (Å²) >= 11 is 0. The van der Waals surface area contributed by atoms with Gasteiger partial charge in [-0.3, -0.25) is 4.79 Å². The molecule has 2 heterocycles. The fraction of sp³-hybridized carbons (Fsp3) is 0.650. The number of nitrogens with zero attached hydrogens (tertiary/aromatic N) is 1. The van der Waals surface area contributed by atoms with Crippen molar-refractivity contribution in [3.8, 4) is 11.5 Å². The molecule has 1 aromatic rings. The Morgan fingerprint density at radius 2 is 1.85 bits per heavy atom. The van der Waals surface area contributed by atoms with E-state index in [2.05, 4.69) is 6.92 Å². The van der Waals surface area contributed by atoms with E-state index in [9.17, 15) is 4.79 Å². The highest BCUT2D eigenvalue weighted by molar-refractivity contribution is 5.95. The molecule has 144 valence electrons. The summed E-state index contributed by atoms with van der Waals surface area (Å²) in [5.41, 5.74) is 0.643. The van der Waals surface area contributed by atoms with E-state index in [1.807, 2.05) is 24.0 Å². The molecule has 26 heavy (non-hydrogen) atoms. The smallest absolute Gasteiger partial charge is 0.253 e. The molecular weight excluding hydrogens is 334 g/mol. The number of ether oxygens (including phenoxy) is 4. The number of amides is 1. The van der Waals surface area contributed by atoms with Gasteiger partial charge in [0, 0.05) is 24.6 Å². The summed E-state index contributed by atoms with van der Waals surface area (Å²) in [6, 6.07) is 5.46. The number of carbonyl (C=O) groups is 1. The average molecular weight is 363 g/mol. The monoisotopic (exact) mass is 363 g/mol. The number of hydrogen-bond donors (Lipinski definition) is 0. The summed E-state index contributed by atoms with van der Waals surface area (Å²) in [5.74, 6) is 1.75. The Bertz CT molecular complexity index is 592. The second kappa shape index (κ2) is 9.24. The summed E-state index contributed by atoms with van der Waals surface area (Å²) in [4.78, 5) is 14.8. The van der Waals surface area contributed by atoms with E-state index in [4.69, 9.17) is 18.9 Å². The molecule has 0 spiro atoms. The largest absolute Gasteiger partial charge is 0.490 e. The first-order chi connectivity index (χ1) is 12.7. The maximum Gasteiger partial charge on any atom is 0.253 e. The zero-order valence-corrected chi connectivity index (χ0v) is 15.7. The lowest BCUT2D eigenvalue weighted by molar-refractivity contribution is -0.0956. The standard InChI is InChI=1S/C20H29NO5/c1-3-11-24-17-6-5-16(14-18(17)23-4-2)19(22)21-9-7-15(8-10-21)20-25-12-13-26-20/h5-6,14-15,20H,3-4,7-13H2,1-2H3. The van der Waals surface area contributed by atoms with Gasteiger partial charge in [-0.15, -0.1) is 0 Å². The molecule has 0 bridgehead atoms. The molecule has 0 N–H and O–H groups in total. The minimum atomic E-state index is -0.0909. The van der Waals surface area contributed by atoms with Crippen molar-refractivity contribution < 1.29 is 23.7 Å². The number of hydrogen-bond acceptors (Lipinski definition) is 5. The van der Waals surface area contributed by atoms with Crippen LogP contribution in [0, 0.1) is 5.92 Å². The predicted octanol–water partition coefficient (Wildman–Crippen LogP) is 3.10. The van der Waals surface area contributed by atoms with Gasteiger partial charge in [-0.2, -0.15) is 0 Å². The Labute approximate surface area is 155 Å². The van der Waals surface area contributed by atoms with E-state index in [0.29, 0.717) is 49.4 Å². The molecule has 6 heteroatoms. The number of carbonyl (C=O) groups excluding carboxylic acids is 1. The molecule has 2 fully saturated rings. The van der Waals surface area contributed by atoms with Crippen molar-refractivity contribution in [2.24, 2.45) is 5.92 Å². The van der Waals surface area contributed by atoms with Crippen LogP contribution in [0.5, 0.6) is 11.5 Å². The number of piperidine rings is 1. The van der Waals surface area contributed by atoms with Crippen molar-refractivity contribution in [1.82, 2.24) is 4.90 Å². The van der Waals surface area contributed by atoms with Crippen LogP contribution in [0.4, 0.5) is 0 Å². The van der Waals surface area contributed by atoms with Crippen LogP contribution >= 0.6 is 0 Å². The fourth-order valence-electron chi connectivity index (χ4n) is 3.45. The second-order valence-electron chi connectivity index (χ2n) is 6.68. The van der Waals surface area contributed by atoms with Gasteiger partial charge < -0.3 is 23.8 Å². The van der Waals surface area contributed by atoms with E-state index in [-0.39, 0.29) is 12.2 Å². The lowest BCUT2D eigenvalue weighted by atomic mass is 9.95. The van der Waals surface area contributed by atoms with Crippen LogP contribution in [0.15, 0.2) is 18.2 Å². The van der Waals surface area contributed by atoms with Gasteiger partial charge in [0.2, 0.25) is 0 Å². The number of likely N-dealkylation sites (tertiary alicyclic amines) is 1. The minimum Gasteiger partial charge on any atom is -0.490 e. The zero-order chi connectivity index (χ0) is 18.4. The lowest BCUT2D eigenvalue weighted by Gasteiger charge is -2.34. The van der Waals surface area contributed by atoms with Crippen LogP contribution in [0.1, 0.15) is 43.5 Å². The van der Waals surface area contributed by atoms with Gasteiger partial charge in [-0.05, 0) is 44.4 Å². The molecule has 6 nitrogen and oxygen atoms in total.